The number of nitrogens with one attached hydrogen (secondary N) is 3. The van der Waals surface area contributed by atoms with Gasteiger partial charge in [-0.2, -0.15) is 0 Å². The van der Waals surface area contributed by atoms with Gasteiger partial charge < -0.3 is 16.0 Å². The molecule has 28 heavy (non-hydrogen) atoms. The molecule has 0 fully saturated rings. The zero-order valence-electron chi connectivity index (χ0n) is 16.5. The maximum absolute atomic E-state index is 11.9. The third kappa shape index (κ3) is 8.93. The van der Waals surface area contributed by atoms with E-state index in [1.54, 1.807) is 7.05 Å². The van der Waals surface area contributed by atoms with Crippen LogP contribution in [0.1, 0.15) is 31.4 Å². The Labute approximate surface area is 189 Å². The van der Waals surface area contributed by atoms with Crippen molar-refractivity contribution in [3.8, 4) is 0 Å². The zero-order chi connectivity index (χ0) is 19.6. The number of benzene rings is 2. The fourth-order valence-electron chi connectivity index (χ4n) is 2.54. The summed E-state index contributed by atoms with van der Waals surface area (Å²) in [7, 11) is 1.74. The van der Waals surface area contributed by atoms with Gasteiger partial charge in [0, 0.05) is 37.3 Å². The second-order valence-corrected chi connectivity index (χ2v) is 7.19. The molecule has 2 rings (SSSR count). The van der Waals surface area contributed by atoms with Gasteiger partial charge in [-0.1, -0.05) is 49.7 Å². The number of carbonyl (C=O) groups is 1. The summed E-state index contributed by atoms with van der Waals surface area (Å²) in [6.45, 7) is 5.32. The van der Waals surface area contributed by atoms with Gasteiger partial charge in [-0.25, -0.2) is 0 Å². The number of halogens is 2. The van der Waals surface area contributed by atoms with E-state index in [2.05, 4.69) is 20.9 Å². The van der Waals surface area contributed by atoms with Crippen molar-refractivity contribution in [2.24, 2.45) is 10.9 Å². The minimum Gasteiger partial charge on any atom is -0.352 e. The molecule has 0 saturated heterocycles. The lowest BCUT2D eigenvalue weighted by Crippen LogP contribution is -2.36. The molecule has 0 aliphatic heterocycles. The number of carbonyl (C=O) groups excluding carboxylic acids is 1. The molecule has 7 heteroatoms. The van der Waals surface area contributed by atoms with Gasteiger partial charge in [0.1, 0.15) is 0 Å². The lowest BCUT2D eigenvalue weighted by molar-refractivity contribution is -0.116. The Balaban J connectivity index is 0.00000392. The van der Waals surface area contributed by atoms with Crippen molar-refractivity contribution in [3.63, 3.8) is 0 Å². The summed E-state index contributed by atoms with van der Waals surface area (Å²) in [4.78, 5) is 16.2. The molecule has 2 aromatic rings. The average Bonchev–Trinajstić information content (AvgIpc) is 2.63. The van der Waals surface area contributed by atoms with E-state index < -0.39 is 0 Å². The van der Waals surface area contributed by atoms with Crippen LogP contribution in [-0.2, 0) is 17.9 Å². The van der Waals surface area contributed by atoms with Crippen molar-refractivity contribution in [2.45, 2.75) is 33.4 Å². The van der Waals surface area contributed by atoms with Crippen LogP contribution < -0.4 is 16.0 Å². The van der Waals surface area contributed by atoms with Crippen molar-refractivity contribution >= 4 is 53.1 Å². The Bertz CT molecular complexity index is 778. The highest BCUT2D eigenvalue weighted by atomic mass is 127. The van der Waals surface area contributed by atoms with Gasteiger partial charge in [0.05, 0.1) is 0 Å². The second-order valence-electron chi connectivity index (χ2n) is 6.75. The Morgan fingerprint density at radius 1 is 1.04 bits per heavy atom. The molecule has 0 spiro atoms. The summed E-state index contributed by atoms with van der Waals surface area (Å²) in [6.07, 6.45) is 0.518. The molecule has 0 saturated carbocycles. The van der Waals surface area contributed by atoms with Crippen LogP contribution in [0.5, 0.6) is 0 Å². The number of hydrogen-bond donors (Lipinski definition) is 3. The van der Waals surface area contributed by atoms with Crippen LogP contribution >= 0.6 is 35.6 Å². The molecule has 5 nitrogen and oxygen atoms in total. The summed E-state index contributed by atoms with van der Waals surface area (Å²) in [5, 5.41) is 10.2. The largest absolute Gasteiger partial charge is 0.352 e. The quantitative estimate of drug-likeness (QED) is 0.282. The minimum atomic E-state index is 0. The van der Waals surface area contributed by atoms with Gasteiger partial charge in [-0.05, 0) is 41.3 Å². The summed E-state index contributed by atoms with van der Waals surface area (Å²) in [5.41, 5.74) is 2.99. The fourth-order valence-corrected chi connectivity index (χ4v) is 2.66. The molecule has 0 aromatic heterocycles. The molecule has 0 radical (unpaired) electrons. The van der Waals surface area contributed by atoms with Crippen LogP contribution in [-0.4, -0.2) is 18.9 Å². The van der Waals surface area contributed by atoms with E-state index in [-0.39, 0.29) is 29.9 Å². The van der Waals surface area contributed by atoms with E-state index in [0.29, 0.717) is 31.4 Å². The minimum absolute atomic E-state index is 0. The first-order valence-corrected chi connectivity index (χ1v) is 9.42. The molecular formula is C21H28ClIN4O. The van der Waals surface area contributed by atoms with Crippen molar-refractivity contribution in [1.82, 2.24) is 10.6 Å². The number of aliphatic imine (C=N–C) groups is 1. The predicted molar refractivity (Wildman–Crippen MR) is 128 cm³/mol. The van der Waals surface area contributed by atoms with Crippen molar-refractivity contribution < 1.29 is 4.79 Å². The number of anilines is 1. The Hall–Kier alpha value is -1.80. The molecule has 2 aromatic carbocycles. The van der Waals surface area contributed by atoms with E-state index in [0.717, 1.165) is 21.8 Å². The first kappa shape index (κ1) is 24.2. The van der Waals surface area contributed by atoms with Gasteiger partial charge in [0.15, 0.2) is 5.96 Å². The zero-order valence-corrected chi connectivity index (χ0v) is 19.5. The number of rotatable bonds is 7. The first-order valence-electron chi connectivity index (χ1n) is 9.04. The molecule has 0 unspecified atom stereocenters. The third-order valence-electron chi connectivity index (χ3n) is 3.86. The highest BCUT2D eigenvalue weighted by Gasteiger charge is 2.06. The predicted octanol–water partition coefficient (Wildman–Crippen LogP) is 4.81. The van der Waals surface area contributed by atoms with Gasteiger partial charge in [-0.3, -0.25) is 9.79 Å². The molecule has 0 aliphatic rings. The van der Waals surface area contributed by atoms with Gasteiger partial charge >= 0.3 is 0 Å². The topological polar surface area (TPSA) is 65.5 Å². The Morgan fingerprint density at radius 2 is 1.68 bits per heavy atom. The van der Waals surface area contributed by atoms with Crippen LogP contribution in [0.2, 0.25) is 5.02 Å². The number of nitrogens with zero attached hydrogens (tertiary/aromatic N) is 1. The third-order valence-corrected chi connectivity index (χ3v) is 4.11. The number of guanidine groups is 1. The van der Waals surface area contributed by atoms with E-state index >= 15 is 0 Å². The van der Waals surface area contributed by atoms with E-state index in [4.69, 9.17) is 11.6 Å². The lowest BCUT2D eigenvalue weighted by Gasteiger charge is -2.13. The standard InChI is InChI=1S/C21H27ClN4O.HI/c1-15(2)11-20(27)26-19-6-4-5-17(12-19)14-25-21(23-3)24-13-16-7-9-18(22)10-8-16;/h4-10,12,15H,11,13-14H2,1-3H3,(H,26,27)(H2,23,24,25);1H. The van der Waals surface area contributed by atoms with Crippen LogP contribution in [0.4, 0.5) is 5.69 Å². The smallest absolute Gasteiger partial charge is 0.224 e. The van der Waals surface area contributed by atoms with Crippen LogP contribution in [0.3, 0.4) is 0 Å². The van der Waals surface area contributed by atoms with Gasteiger partial charge in [0.25, 0.3) is 0 Å². The van der Waals surface area contributed by atoms with Crippen LogP contribution in [0.15, 0.2) is 53.5 Å². The lowest BCUT2D eigenvalue weighted by atomic mass is 10.1. The summed E-state index contributed by atoms with van der Waals surface area (Å²) < 4.78 is 0. The summed E-state index contributed by atoms with van der Waals surface area (Å²) in [6, 6.07) is 15.5. The molecule has 0 bridgehead atoms. The SMILES string of the molecule is CN=C(NCc1ccc(Cl)cc1)NCc1cccc(NC(=O)CC(C)C)c1.I. The maximum Gasteiger partial charge on any atom is 0.224 e. The second kappa shape index (κ2) is 12.6. The van der Waals surface area contributed by atoms with Crippen molar-refractivity contribution in [3.05, 3.63) is 64.7 Å². The average molecular weight is 515 g/mol. The molecule has 0 atom stereocenters. The molecule has 1 amide bonds. The summed E-state index contributed by atoms with van der Waals surface area (Å²) in [5.74, 6) is 1.08. The van der Waals surface area contributed by atoms with Gasteiger partial charge in [-0.15, -0.1) is 24.0 Å². The Morgan fingerprint density at radius 3 is 2.29 bits per heavy atom. The van der Waals surface area contributed by atoms with Crippen molar-refractivity contribution in [1.29, 1.82) is 0 Å². The maximum atomic E-state index is 11.9. The first-order chi connectivity index (χ1) is 13.0. The highest BCUT2D eigenvalue weighted by Crippen LogP contribution is 2.12. The molecule has 0 heterocycles. The van der Waals surface area contributed by atoms with Crippen LogP contribution in [0.25, 0.3) is 0 Å². The summed E-state index contributed by atoms with van der Waals surface area (Å²) >= 11 is 5.91. The molecular weight excluding hydrogens is 487 g/mol. The van der Waals surface area contributed by atoms with E-state index in [9.17, 15) is 4.79 Å². The molecule has 0 aliphatic carbocycles. The highest BCUT2D eigenvalue weighted by molar-refractivity contribution is 14.0. The fraction of sp³-hybridized carbons (Fsp3) is 0.333. The van der Waals surface area contributed by atoms with E-state index in [1.807, 2.05) is 62.4 Å². The van der Waals surface area contributed by atoms with Gasteiger partial charge in [0.2, 0.25) is 5.91 Å². The monoisotopic (exact) mass is 514 g/mol. The molecule has 152 valence electrons. The number of hydrogen-bond acceptors (Lipinski definition) is 2. The Kier molecular flexibility index (Phi) is 10.9. The molecule has 3 N–H and O–H groups in total. The van der Waals surface area contributed by atoms with E-state index in [1.165, 1.54) is 0 Å². The van der Waals surface area contributed by atoms with Crippen LogP contribution in [0, 0.1) is 5.92 Å². The van der Waals surface area contributed by atoms with Crippen molar-refractivity contribution in [2.75, 3.05) is 12.4 Å². The normalized spacial score (nSPS) is 11.0. The number of amides is 1.